The molecule has 0 amide bonds. The van der Waals surface area contributed by atoms with E-state index in [1.54, 1.807) is 4.57 Å². The van der Waals surface area contributed by atoms with E-state index < -0.39 is 5.97 Å². The topological polar surface area (TPSA) is 88.0 Å². The quantitative estimate of drug-likeness (QED) is 0.572. The van der Waals surface area contributed by atoms with Gasteiger partial charge in [0.15, 0.2) is 5.16 Å². The largest absolute Gasteiger partial charge is 0.481 e. The summed E-state index contributed by atoms with van der Waals surface area (Å²) in [6.45, 7) is 3.84. The maximum atomic E-state index is 11.4. The summed E-state index contributed by atoms with van der Waals surface area (Å²) in [6, 6.07) is 0.0720. The Morgan fingerprint density at radius 2 is 2.24 bits per heavy atom. The molecule has 1 aromatic rings. The summed E-state index contributed by atoms with van der Waals surface area (Å²) in [5.74, 6) is -0.00143. The number of carboxylic acids is 1. The van der Waals surface area contributed by atoms with Crippen molar-refractivity contribution in [1.29, 1.82) is 0 Å². The molecule has 0 saturated carbocycles. The van der Waals surface area contributed by atoms with E-state index in [0.29, 0.717) is 11.6 Å². The first kappa shape index (κ1) is 13.8. The third kappa shape index (κ3) is 4.26. The van der Waals surface area contributed by atoms with Gasteiger partial charge in [-0.25, -0.2) is 9.89 Å². The number of aromatic amines is 1. The highest BCUT2D eigenvalue weighted by atomic mass is 32.2. The summed E-state index contributed by atoms with van der Waals surface area (Å²) in [5, 5.41) is 15.5. The number of nitrogens with zero attached hydrogens (tertiary/aromatic N) is 2. The first-order valence-corrected chi connectivity index (χ1v) is 6.52. The SMILES string of the molecule is CC(C)n1c(SCCCCC(=O)O)n[nH]c1=O. The van der Waals surface area contributed by atoms with E-state index >= 15 is 0 Å². The molecule has 0 aliphatic rings. The molecule has 0 saturated heterocycles. The summed E-state index contributed by atoms with van der Waals surface area (Å²) < 4.78 is 1.60. The number of H-pyrrole nitrogens is 1. The lowest BCUT2D eigenvalue weighted by Gasteiger charge is -2.07. The summed E-state index contributed by atoms with van der Waals surface area (Å²) in [6.07, 6.45) is 1.65. The average Bonchev–Trinajstić information content (AvgIpc) is 2.59. The molecule has 2 N–H and O–H groups in total. The number of aromatic nitrogens is 3. The van der Waals surface area contributed by atoms with Gasteiger partial charge in [0.05, 0.1) is 0 Å². The molecule has 0 aromatic carbocycles. The van der Waals surface area contributed by atoms with Gasteiger partial charge in [0, 0.05) is 18.2 Å². The van der Waals surface area contributed by atoms with E-state index in [4.69, 9.17) is 5.11 Å². The highest BCUT2D eigenvalue weighted by molar-refractivity contribution is 7.99. The Bertz CT molecular complexity index is 425. The number of hydrogen-bond donors (Lipinski definition) is 2. The van der Waals surface area contributed by atoms with Gasteiger partial charge in [0.25, 0.3) is 0 Å². The molecule has 1 aromatic heterocycles. The number of rotatable bonds is 7. The van der Waals surface area contributed by atoms with Crippen molar-refractivity contribution in [3.05, 3.63) is 10.5 Å². The number of hydrogen-bond acceptors (Lipinski definition) is 4. The van der Waals surface area contributed by atoms with Crippen LogP contribution in [0, 0.1) is 0 Å². The number of carboxylic acid groups (broad SMARTS) is 1. The molecular formula is C10H17N3O3S. The summed E-state index contributed by atoms with van der Waals surface area (Å²) in [4.78, 5) is 21.7. The molecule has 0 fully saturated rings. The molecule has 7 heteroatoms. The molecule has 6 nitrogen and oxygen atoms in total. The van der Waals surface area contributed by atoms with Gasteiger partial charge in [0.2, 0.25) is 0 Å². The second-order valence-electron chi connectivity index (χ2n) is 3.97. The van der Waals surface area contributed by atoms with Crippen LogP contribution in [-0.4, -0.2) is 31.6 Å². The Labute approximate surface area is 103 Å². The van der Waals surface area contributed by atoms with Gasteiger partial charge >= 0.3 is 11.7 Å². The van der Waals surface area contributed by atoms with Crippen LogP contribution in [0.2, 0.25) is 0 Å². The van der Waals surface area contributed by atoms with E-state index in [1.165, 1.54) is 11.8 Å². The third-order valence-electron chi connectivity index (χ3n) is 2.20. The number of unbranched alkanes of at least 4 members (excludes halogenated alkanes) is 1. The second-order valence-corrected chi connectivity index (χ2v) is 5.04. The van der Waals surface area contributed by atoms with Crippen LogP contribution in [0.3, 0.4) is 0 Å². The van der Waals surface area contributed by atoms with E-state index in [0.717, 1.165) is 12.2 Å². The predicted molar refractivity (Wildman–Crippen MR) is 65.4 cm³/mol. The van der Waals surface area contributed by atoms with Crippen LogP contribution in [-0.2, 0) is 4.79 Å². The molecule has 0 bridgehead atoms. The van der Waals surface area contributed by atoms with Gasteiger partial charge in [-0.3, -0.25) is 9.36 Å². The zero-order chi connectivity index (χ0) is 12.8. The lowest BCUT2D eigenvalue weighted by atomic mass is 10.3. The van der Waals surface area contributed by atoms with Gasteiger partial charge in [-0.15, -0.1) is 5.10 Å². The molecule has 17 heavy (non-hydrogen) atoms. The normalized spacial score (nSPS) is 11.0. The highest BCUT2D eigenvalue weighted by Gasteiger charge is 2.11. The average molecular weight is 259 g/mol. The smallest absolute Gasteiger partial charge is 0.344 e. The van der Waals surface area contributed by atoms with Crippen molar-refractivity contribution >= 4 is 17.7 Å². The summed E-state index contributed by atoms with van der Waals surface area (Å²) in [5.41, 5.74) is -0.201. The molecule has 0 atom stereocenters. The van der Waals surface area contributed by atoms with Crippen molar-refractivity contribution in [3.63, 3.8) is 0 Å². The van der Waals surface area contributed by atoms with Crippen LogP contribution in [0.1, 0.15) is 39.2 Å². The maximum absolute atomic E-state index is 11.4. The van der Waals surface area contributed by atoms with Crippen molar-refractivity contribution in [3.8, 4) is 0 Å². The van der Waals surface area contributed by atoms with Gasteiger partial charge < -0.3 is 5.11 Å². The van der Waals surface area contributed by atoms with Crippen LogP contribution in [0.25, 0.3) is 0 Å². The lowest BCUT2D eigenvalue weighted by molar-refractivity contribution is -0.137. The number of carbonyl (C=O) groups is 1. The number of aliphatic carboxylic acids is 1. The molecule has 1 heterocycles. The molecular weight excluding hydrogens is 242 g/mol. The fourth-order valence-electron chi connectivity index (χ4n) is 1.39. The van der Waals surface area contributed by atoms with Crippen molar-refractivity contribution in [2.24, 2.45) is 0 Å². The monoisotopic (exact) mass is 259 g/mol. The van der Waals surface area contributed by atoms with Gasteiger partial charge in [-0.2, -0.15) is 0 Å². The van der Waals surface area contributed by atoms with E-state index in [9.17, 15) is 9.59 Å². The van der Waals surface area contributed by atoms with Gasteiger partial charge in [-0.1, -0.05) is 11.8 Å². The van der Waals surface area contributed by atoms with Crippen LogP contribution < -0.4 is 5.69 Å². The first-order chi connectivity index (χ1) is 8.02. The van der Waals surface area contributed by atoms with Gasteiger partial charge in [-0.05, 0) is 26.7 Å². The Morgan fingerprint density at radius 1 is 1.53 bits per heavy atom. The molecule has 0 aliphatic heterocycles. The Balaban J connectivity index is 2.42. The minimum atomic E-state index is -0.770. The zero-order valence-corrected chi connectivity index (χ0v) is 10.8. The minimum absolute atomic E-state index is 0.0720. The van der Waals surface area contributed by atoms with E-state index in [-0.39, 0.29) is 18.2 Å². The van der Waals surface area contributed by atoms with Crippen molar-refractivity contribution in [2.75, 3.05) is 5.75 Å². The lowest BCUT2D eigenvalue weighted by Crippen LogP contribution is -2.19. The van der Waals surface area contributed by atoms with E-state index in [1.807, 2.05) is 13.8 Å². The molecule has 0 unspecified atom stereocenters. The van der Waals surface area contributed by atoms with Crippen LogP contribution in [0.15, 0.2) is 9.95 Å². The summed E-state index contributed by atoms with van der Waals surface area (Å²) >= 11 is 1.48. The van der Waals surface area contributed by atoms with Crippen LogP contribution in [0.4, 0.5) is 0 Å². The third-order valence-corrected chi connectivity index (χ3v) is 3.24. The Kier molecular flexibility index (Phi) is 5.27. The molecule has 0 radical (unpaired) electrons. The van der Waals surface area contributed by atoms with Crippen molar-refractivity contribution in [2.45, 2.75) is 44.3 Å². The predicted octanol–water partition coefficient (Wildman–Crippen LogP) is 1.50. The standard InChI is InChI=1S/C10H17N3O3S/c1-7(2)13-9(16)11-12-10(13)17-6-4-3-5-8(14)15/h7H,3-6H2,1-2H3,(H,11,16)(H,14,15). The van der Waals surface area contributed by atoms with Crippen LogP contribution in [0.5, 0.6) is 0 Å². The maximum Gasteiger partial charge on any atom is 0.344 e. The zero-order valence-electron chi connectivity index (χ0n) is 9.97. The number of nitrogens with one attached hydrogen (secondary N) is 1. The molecule has 0 aliphatic carbocycles. The van der Waals surface area contributed by atoms with Crippen molar-refractivity contribution in [1.82, 2.24) is 14.8 Å². The second kappa shape index (κ2) is 6.48. The van der Waals surface area contributed by atoms with Gasteiger partial charge in [0.1, 0.15) is 0 Å². The van der Waals surface area contributed by atoms with Crippen LogP contribution >= 0.6 is 11.8 Å². The fourth-order valence-corrected chi connectivity index (χ4v) is 2.46. The highest BCUT2D eigenvalue weighted by Crippen LogP contribution is 2.18. The minimum Gasteiger partial charge on any atom is -0.481 e. The first-order valence-electron chi connectivity index (χ1n) is 5.54. The molecule has 96 valence electrons. The Morgan fingerprint density at radius 3 is 2.82 bits per heavy atom. The molecule has 0 spiro atoms. The Hall–Kier alpha value is -1.24. The van der Waals surface area contributed by atoms with E-state index in [2.05, 4.69) is 10.2 Å². The van der Waals surface area contributed by atoms with Crippen molar-refractivity contribution < 1.29 is 9.90 Å². The summed E-state index contributed by atoms with van der Waals surface area (Å²) in [7, 11) is 0. The number of thioether (sulfide) groups is 1. The fraction of sp³-hybridized carbons (Fsp3) is 0.700. The molecule has 1 rings (SSSR count).